The van der Waals surface area contributed by atoms with Crippen molar-refractivity contribution in [1.82, 2.24) is 9.38 Å². The number of rotatable bonds is 6. The van der Waals surface area contributed by atoms with Gasteiger partial charge in [-0.2, -0.15) is 0 Å². The summed E-state index contributed by atoms with van der Waals surface area (Å²) in [6, 6.07) is 30.0. The Hall–Kier alpha value is -4.57. The van der Waals surface area contributed by atoms with E-state index in [1.807, 2.05) is 54.7 Å². The van der Waals surface area contributed by atoms with Gasteiger partial charge in [0.1, 0.15) is 5.65 Å². The fourth-order valence-electron chi connectivity index (χ4n) is 3.95. The third kappa shape index (κ3) is 4.34. The van der Waals surface area contributed by atoms with E-state index in [-0.39, 0.29) is 11.6 Å². The van der Waals surface area contributed by atoms with Gasteiger partial charge < -0.3 is 4.40 Å². The second kappa shape index (κ2) is 9.12. The maximum atomic E-state index is 12.3. The van der Waals surface area contributed by atoms with E-state index in [0.717, 1.165) is 39.2 Å². The largest absolute Gasteiger partial charge is 0.305 e. The maximum Gasteiger partial charge on any atom is 0.185 e. The molecule has 164 valence electrons. The van der Waals surface area contributed by atoms with Crippen LogP contribution in [0.2, 0.25) is 0 Å². The molecule has 0 spiro atoms. The number of hydrogen-bond donors (Lipinski definition) is 0. The van der Waals surface area contributed by atoms with Gasteiger partial charge in [0.2, 0.25) is 0 Å². The maximum absolute atomic E-state index is 12.3. The Morgan fingerprint density at radius 2 is 1.35 bits per heavy atom. The molecule has 4 heteroatoms. The highest BCUT2D eigenvalue weighted by molar-refractivity contribution is 6.07. The van der Waals surface area contributed by atoms with Crippen LogP contribution >= 0.6 is 0 Å². The fourth-order valence-corrected chi connectivity index (χ4v) is 3.95. The molecule has 0 saturated carbocycles. The van der Waals surface area contributed by atoms with E-state index in [0.29, 0.717) is 5.56 Å². The van der Waals surface area contributed by atoms with Crippen molar-refractivity contribution in [2.45, 2.75) is 6.92 Å². The lowest BCUT2D eigenvalue weighted by Gasteiger charge is -2.09. The molecular formula is C30H22N2O2. The number of nitrogens with zero attached hydrogens (tertiary/aromatic N) is 2. The first kappa shape index (κ1) is 21.3. The van der Waals surface area contributed by atoms with Crippen LogP contribution in [-0.2, 0) is 4.79 Å². The van der Waals surface area contributed by atoms with E-state index in [9.17, 15) is 9.59 Å². The second-order valence-electron chi connectivity index (χ2n) is 8.12. The predicted molar refractivity (Wildman–Crippen MR) is 136 cm³/mol. The summed E-state index contributed by atoms with van der Waals surface area (Å²) in [4.78, 5) is 28.3. The summed E-state index contributed by atoms with van der Waals surface area (Å²) in [7, 11) is 0. The van der Waals surface area contributed by atoms with E-state index in [2.05, 4.69) is 40.9 Å². The Balaban J connectivity index is 1.59. The topological polar surface area (TPSA) is 51.4 Å². The van der Waals surface area contributed by atoms with Crippen molar-refractivity contribution in [3.63, 3.8) is 0 Å². The Bertz CT molecular complexity index is 1510. The van der Waals surface area contributed by atoms with Gasteiger partial charge in [0.15, 0.2) is 11.6 Å². The highest BCUT2D eigenvalue weighted by Crippen LogP contribution is 2.32. The van der Waals surface area contributed by atoms with E-state index >= 15 is 0 Å². The first-order valence-electron chi connectivity index (χ1n) is 11.1. The zero-order chi connectivity index (χ0) is 23.5. The zero-order valence-corrected chi connectivity index (χ0v) is 18.7. The predicted octanol–water partition coefficient (Wildman–Crippen LogP) is 6.66. The van der Waals surface area contributed by atoms with Crippen LogP contribution < -0.4 is 0 Å². The smallest absolute Gasteiger partial charge is 0.185 e. The number of carbonyl (C=O) groups excluding carboxylic acids is 2. The minimum atomic E-state index is -0.199. The van der Waals surface area contributed by atoms with E-state index in [1.165, 1.54) is 19.1 Å². The van der Waals surface area contributed by atoms with E-state index < -0.39 is 0 Å². The van der Waals surface area contributed by atoms with Gasteiger partial charge in [0, 0.05) is 29.1 Å². The van der Waals surface area contributed by atoms with Crippen molar-refractivity contribution in [3.05, 3.63) is 121 Å². The number of aromatic nitrogens is 2. The van der Waals surface area contributed by atoms with Crippen molar-refractivity contribution >= 4 is 17.2 Å². The molecule has 2 aromatic heterocycles. The van der Waals surface area contributed by atoms with Crippen LogP contribution in [-0.4, -0.2) is 21.0 Å². The summed E-state index contributed by atoms with van der Waals surface area (Å²) in [5.74, 6) is -0.352. The molecule has 0 aliphatic carbocycles. The molecule has 34 heavy (non-hydrogen) atoms. The fraction of sp³-hybridized carbons (Fsp3) is 0.0333. The van der Waals surface area contributed by atoms with Crippen molar-refractivity contribution in [3.8, 4) is 33.5 Å². The van der Waals surface area contributed by atoms with Gasteiger partial charge in [0.25, 0.3) is 0 Å². The quantitative estimate of drug-likeness (QED) is 0.218. The van der Waals surface area contributed by atoms with Crippen LogP contribution in [0.4, 0.5) is 0 Å². The third-order valence-electron chi connectivity index (χ3n) is 5.68. The lowest BCUT2D eigenvalue weighted by Crippen LogP contribution is -1.95. The van der Waals surface area contributed by atoms with E-state index in [1.54, 1.807) is 12.1 Å². The molecule has 0 unspecified atom stereocenters. The highest BCUT2D eigenvalue weighted by Gasteiger charge is 2.13. The summed E-state index contributed by atoms with van der Waals surface area (Å²) in [5.41, 5.74) is 7.52. The number of ketones is 2. The molecule has 5 rings (SSSR count). The van der Waals surface area contributed by atoms with Crippen molar-refractivity contribution < 1.29 is 9.59 Å². The molecule has 0 amide bonds. The van der Waals surface area contributed by atoms with Crippen molar-refractivity contribution in [1.29, 1.82) is 0 Å². The minimum Gasteiger partial charge on any atom is -0.305 e. The van der Waals surface area contributed by atoms with Gasteiger partial charge in [-0.05, 0) is 41.8 Å². The molecule has 0 bridgehead atoms. The molecule has 0 radical (unpaired) electrons. The lowest BCUT2D eigenvalue weighted by atomic mass is 10.0. The highest BCUT2D eigenvalue weighted by atomic mass is 16.1. The van der Waals surface area contributed by atoms with Gasteiger partial charge in [0.05, 0.1) is 5.69 Å². The number of carbonyl (C=O) groups is 2. The number of fused-ring (bicyclic) bond motifs is 1. The summed E-state index contributed by atoms with van der Waals surface area (Å²) < 4.78 is 2.06. The molecule has 2 heterocycles. The normalized spacial score (nSPS) is 11.2. The first-order chi connectivity index (χ1) is 16.6. The SMILES string of the molecule is CC(=O)C=CC(=O)c1ccc(-c2cn3cc(-c4ccccc4)cc(-c4ccccc4)c3n2)cc1. The molecule has 0 N–H and O–H groups in total. The summed E-state index contributed by atoms with van der Waals surface area (Å²) in [5, 5.41) is 0. The Morgan fingerprint density at radius 1 is 0.706 bits per heavy atom. The van der Waals surface area contributed by atoms with Crippen LogP contribution in [0.3, 0.4) is 0 Å². The summed E-state index contributed by atoms with van der Waals surface area (Å²) in [6.07, 6.45) is 6.70. The van der Waals surface area contributed by atoms with Gasteiger partial charge in [-0.15, -0.1) is 0 Å². The number of imidazole rings is 1. The zero-order valence-electron chi connectivity index (χ0n) is 18.7. The Labute approximate surface area is 197 Å². The average Bonchev–Trinajstić information content (AvgIpc) is 3.32. The van der Waals surface area contributed by atoms with Crippen LogP contribution in [0, 0.1) is 0 Å². The van der Waals surface area contributed by atoms with Gasteiger partial charge in [-0.3, -0.25) is 9.59 Å². The van der Waals surface area contributed by atoms with Gasteiger partial charge in [-0.25, -0.2) is 4.98 Å². The van der Waals surface area contributed by atoms with E-state index in [4.69, 9.17) is 4.98 Å². The number of benzene rings is 3. The van der Waals surface area contributed by atoms with Crippen LogP contribution in [0.5, 0.6) is 0 Å². The summed E-state index contributed by atoms with van der Waals surface area (Å²) >= 11 is 0. The number of allylic oxidation sites excluding steroid dienone is 2. The molecule has 0 fully saturated rings. The number of hydrogen-bond acceptors (Lipinski definition) is 3. The van der Waals surface area contributed by atoms with Gasteiger partial charge in [-0.1, -0.05) is 84.9 Å². The molecule has 0 aliphatic rings. The summed E-state index contributed by atoms with van der Waals surface area (Å²) in [6.45, 7) is 1.42. The molecule has 3 aromatic carbocycles. The van der Waals surface area contributed by atoms with Crippen molar-refractivity contribution in [2.24, 2.45) is 0 Å². The molecule has 0 saturated heterocycles. The molecule has 0 atom stereocenters. The monoisotopic (exact) mass is 442 g/mol. The van der Waals surface area contributed by atoms with Crippen LogP contribution in [0.25, 0.3) is 39.2 Å². The van der Waals surface area contributed by atoms with Gasteiger partial charge >= 0.3 is 0 Å². The standard InChI is InChI=1S/C30H22N2O2/c1-21(33)12-17-29(34)25-15-13-24(14-16-25)28-20-32-19-26(22-8-4-2-5-9-22)18-27(30(32)31-28)23-10-6-3-7-11-23/h2-20H,1H3. The molecule has 5 aromatic rings. The van der Waals surface area contributed by atoms with Crippen LogP contribution in [0.15, 0.2) is 116 Å². The third-order valence-corrected chi connectivity index (χ3v) is 5.68. The van der Waals surface area contributed by atoms with Crippen molar-refractivity contribution in [2.75, 3.05) is 0 Å². The number of pyridine rings is 1. The van der Waals surface area contributed by atoms with Crippen LogP contribution in [0.1, 0.15) is 17.3 Å². The Morgan fingerprint density at radius 3 is 2.00 bits per heavy atom. The minimum absolute atomic E-state index is 0.154. The average molecular weight is 443 g/mol. The first-order valence-corrected chi connectivity index (χ1v) is 11.1. The molecular weight excluding hydrogens is 420 g/mol. The molecule has 0 aliphatic heterocycles. The second-order valence-corrected chi connectivity index (χ2v) is 8.12. The molecule has 4 nitrogen and oxygen atoms in total. The lowest BCUT2D eigenvalue weighted by molar-refractivity contribution is -0.112. The Kier molecular flexibility index (Phi) is 5.71.